The van der Waals surface area contributed by atoms with E-state index in [1.165, 1.54) is 0 Å². The van der Waals surface area contributed by atoms with E-state index in [1.54, 1.807) is 6.92 Å². The van der Waals surface area contributed by atoms with Crippen molar-refractivity contribution in [2.75, 3.05) is 12.3 Å². The first-order chi connectivity index (χ1) is 6.13. The van der Waals surface area contributed by atoms with Crippen LogP contribution in [0.4, 0.5) is 4.79 Å². The molecule has 1 unspecified atom stereocenters. The Balaban J connectivity index is 3.69. The lowest BCUT2D eigenvalue weighted by molar-refractivity contribution is -0.0331. The highest BCUT2D eigenvalue weighted by atomic mass is 32.2. The van der Waals surface area contributed by atoms with Gasteiger partial charge in [0.25, 0.3) is 0 Å². The second-order valence-corrected chi connectivity index (χ2v) is 4.35. The molecule has 1 amide bonds. The molecule has 0 aliphatic heterocycles. The lowest BCUT2D eigenvalue weighted by Gasteiger charge is -2.14. The van der Waals surface area contributed by atoms with Crippen molar-refractivity contribution < 1.29 is 14.6 Å². The number of carbonyl (C=O) groups is 1. The monoisotopic (exact) mass is 207 g/mol. The fourth-order valence-electron chi connectivity index (χ4n) is 0.844. The highest BCUT2D eigenvalue weighted by Crippen LogP contribution is 2.02. The molecule has 5 heteroatoms. The van der Waals surface area contributed by atoms with Gasteiger partial charge in [0.2, 0.25) is 0 Å². The first-order valence-electron chi connectivity index (χ1n) is 4.52. The zero-order valence-electron chi connectivity index (χ0n) is 8.15. The van der Waals surface area contributed by atoms with Crippen LogP contribution in [0, 0.1) is 0 Å². The van der Waals surface area contributed by atoms with Crippen molar-refractivity contribution in [3.63, 3.8) is 0 Å². The molecule has 0 spiro atoms. The summed E-state index contributed by atoms with van der Waals surface area (Å²) in [6, 6.07) is 0. The molecule has 0 radical (unpaired) electrons. The van der Waals surface area contributed by atoms with Gasteiger partial charge in [0.1, 0.15) is 5.75 Å². The number of hydroxylamine groups is 2. The zero-order chi connectivity index (χ0) is 10.3. The molecule has 0 rings (SSSR count). The molecule has 0 saturated heterocycles. The van der Waals surface area contributed by atoms with Crippen molar-refractivity contribution in [2.45, 2.75) is 33.1 Å². The maximum Gasteiger partial charge on any atom is 0.452 e. The van der Waals surface area contributed by atoms with Gasteiger partial charge in [-0.25, -0.2) is 4.79 Å². The lowest BCUT2D eigenvalue weighted by Crippen LogP contribution is -2.34. The van der Waals surface area contributed by atoms with Gasteiger partial charge in [-0.2, -0.15) is 5.06 Å². The van der Waals surface area contributed by atoms with E-state index in [0.29, 0.717) is 5.06 Å². The minimum Gasteiger partial charge on any atom is -0.608 e. The highest BCUT2D eigenvalue weighted by Gasteiger charge is 2.22. The predicted molar refractivity (Wildman–Crippen MR) is 52.1 cm³/mol. The van der Waals surface area contributed by atoms with Crippen LogP contribution in [0.15, 0.2) is 0 Å². The SMILES string of the molecule is CCCCCN(O)C(=O)[S+]([O-])CC. The van der Waals surface area contributed by atoms with E-state index in [1.807, 2.05) is 6.92 Å². The van der Waals surface area contributed by atoms with Gasteiger partial charge < -0.3 is 4.55 Å². The molecule has 0 aliphatic rings. The Labute approximate surface area is 82.1 Å². The van der Waals surface area contributed by atoms with Crippen molar-refractivity contribution in [2.24, 2.45) is 0 Å². The number of rotatable bonds is 5. The first-order valence-corrected chi connectivity index (χ1v) is 5.84. The van der Waals surface area contributed by atoms with Gasteiger partial charge in [-0.05, 0) is 13.3 Å². The summed E-state index contributed by atoms with van der Waals surface area (Å²) in [7, 11) is 0. The molecule has 0 aromatic rings. The molecule has 0 heterocycles. The van der Waals surface area contributed by atoms with E-state index < -0.39 is 16.4 Å². The van der Waals surface area contributed by atoms with Crippen LogP contribution in [0.25, 0.3) is 0 Å². The van der Waals surface area contributed by atoms with Crippen molar-refractivity contribution in [3.05, 3.63) is 0 Å². The largest absolute Gasteiger partial charge is 0.608 e. The quantitative estimate of drug-likeness (QED) is 0.323. The van der Waals surface area contributed by atoms with Crippen molar-refractivity contribution in [3.8, 4) is 0 Å². The Bertz CT molecular complexity index is 154. The van der Waals surface area contributed by atoms with Crippen LogP contribution >= 0.6 is 0 Å². The molecular weight excluding hydrogens is 190 g/mol. The minimum atomic E-state index is -1.57. The van der Waals surface area contributed by atoms with E-state index in [2.05, 4.69) is 0 Å². The topological polar surface area (TPSA) is 63.6 Å². The lowest BCUT2D eigenvalue weighted by atomic mass is 10.2. The fraction of sp³-hybridized carbons (Fsp3) is 0.875. The van der Waals surface area contributed by atoms with Crippen LogP contribution in [0.2, 0.25) is 0 Å². The van der Waals surface area contributed by atoms with E-state index >= 15 is 0 Å². The van der Waals surface area contributed by atoms with Crippen LogP contribution < -0.4 is 0 Å². The fourth-order valence-corrected chi connectivity index (χ4v) is 1.42. The Morgan fingerprint density at radius 2 is 2.08 bits per heavy atom. The number of unbranched alkanes of at least 4 members (excludes halogenated alkanes) is 2. The average Bonchev–Trinajstić information content (AvgIpc) is 2.15. The molecule has 1 N–H and O–H groups in total. The molecule has 0 aromatic carbocycles. The number of hydrogen-bond donors (Lipinski definition) is 1. The van der Waals surface area contributed by atoms with Gasteiger partial charge in [-0.1, -0.05) is 19.8 Å². The molecule has 13 heavy (non-hydrogen) atoms. The van der Waals surface area contributed by atoms with E-state index in [0.717, 1.165) is 19.3 Å². The van der Waals surface area contributed by atoms with Gasteiger partial charge in [-0.15, -0.1) is 0 Å². The van der Waals surface area contributed by atoms with Crippen molar-refractivity contribution >= 4 is 16.4 Å². The third-order valence-electron chi connectivity index (χ3n) is 1.64. The van der Waals surface area contributed by atoms with Gasteiger partial charge in [0, 0.05) is 11.2 Å². The molecule has 0 fully saturated rings. The van der Waals surface area contributed by atoms with Gasteiger partial charge in [0.05, 0.1) is 6.54 Å². The molecule has 0 bridgehead atoms. The zero-order valence-corrected chi connectivity index (χ0v) is 8.97. The molecular formula is C8H17NO3S. The molecule has 0 aromatic heterocycles. The normalized spacial score (nSPS) is 12.6. The Kier molecular flexibility index (Phi) is 7.03. The van der Waals surface area contributed by atoms with Crippen LogP contribution in [0.5, 0.6) is 0 Å². The molecule has 0 aliphatic carbocycles. The third-order valence-corrected chi connectivity index (χ3v) is 2.77. The molecule has 4 nitrogen and oxygen atoms in total. The second-order valence-electron chi connectivity index (χ2n) is 2.73. The number of amides is 1. The maximum absolute atomic E-state index is 11.0. The first kappa shape index (κ1) is 12.7. The van der Waals surface area contributed by atoms with Gasteiger partial charge in [0.15, 0.2) is 0 Å². The van der Waals surface area contributed by atoms with Crippen molar-refractivity contribution in [1.82, 2.24) is 5.06 Å². The minimum absolute atomic E-state index is 0.254. The Hall–Kier alpha value is -0.260. The number of hydrogen-bond acceptors (Lipinski definition) is 3. The van der Waals surface area contributed by atoms with Crippen LogP contribution in [-0.4, -0.2) is 32.4 Å². The number of carbonyl (C=O) groups excluding carboxylic acids is 1. The summed E-state index contributed by atoms with van der Waals surface area (Å²) in [5.41, 5.74) is 0. The standard InChI is InChI=1S/C8H17NO3S/c1-3-5-6-7-9(11)8(10)13(12)4-2/h11H,3-7H2,1-2H3. The maximum atomic E-state index is 11.0. The summed E-state index contributed by atoms with van der Waals surface area (Å²) in [6.07, 6.45) is 2.74. The smallest absolute Gasteiger partial charge is 0.452 e. The van der Waals surface area contributed by atoms with Crippen LogP contribution in [-0.2, 0) is 11.2 Å². The van der Waals surface area contributed by atoms with Crippen LogP contribution in [0.3, 0.4) is 0 Å². The predicted octanol–water partition coefficient (Wildman–Crippen LogP) is 1.76. The summed E-state index contributed by atoms with van der Waals surface area (Å²) in [6.45, 7) is 3.96. The van der Waals surface area contributed by atoms with E-state index in [9.17, 15) is 9.35 Å². The average molecular weight is 207 g/mol. The Morgan fingerprint density at radius 1 is 1.46 bits per heavy atom. The summed E-state index contributed by atoms with van der Waals surface area (Å²) < 4.78 is 10.9. The summed E-state index contributed by atoms with van der Waals surface area (Å²) >= 11 is -1.57. The second kappa shape index (κ2) is 7.17. The van der Waals surface area contributed by atoms with E-state index in [4.69, 9.17) is 5.21 Å². The van der Waals surface area contributed by atoms with Crippen LogP contribution in [0.1, 0.15) is 33.1 Å². The highest BCUT2D eigenvalue weighted by molar-refractivity contribution is 8.05. The molecule has 1 atom stereocenters. The summed E-state index contributed by atoms with van der Waals surface area (Å²) in [5, 5.41) is 9.02. The number of nitrogens with zero attached hydrogens (tertiary/aromatic N) is 1. The Morgan fingerprint density at radius 3 is 2.54 bits per heavy atom. The summed E-state index contributed by atoms with van der Waals surface area (Å²) in [4.78, 5) is 11.0. The van der Waals surface area contributed by atoms with Gasteiger partial charge >= 0.3 is 5.24 Å². The molecule has 78 valence electrons. The van der Waals surface area contributed by atoms with E-state index in [-0.39, 0.29) is 12.3 Å². The summed E-state index contributed by atoms with van der Waals surface area (Å²) in [5.74, 6) is 0.254. The third kappa shape index (κ3) is 5.13. The van der Waals surface area contributed by atoms with Crippen molar-refractivity contribution in [1.29, 1.82) is 0 Å². The van der Waals surface area contributed by atoms with Gasteiger partial charge in [-0.3, -0.25) is 5.21 Å². The molecule has 0 saturated carbocycles.